The zero-order chi connectivity index (χ0) is 12.0. The van der Waals surface area contributed by atoms with Gasteiger partial charge in [-0.1, -0.05) is 0 Å². The quantitative estimate of drug-likeness (QED) is 0.597. The third-order valence-electron chi connectivity index (χ3n) is 2.42. The number of carbonyl (C=O) groups is 1. The minimum atomic E-state index is -0.510. The molecular weight excluding hydrogens is 314 g/mol. The van der Waals surface area contributed by atoms with E-state index in [0.717, 1.165) is 10.2 Å². The Hall–Kier alpha value is -0.520. The topological polar surface area (TPSA) is 20.3 Å². The molecular formula is C13H19NOTe. The van der Waals surface area contributed by atoms with Gasteiger partial charge >= 0.3 is 108 Å². The number of aryl methyl sites for hydroxylation is 1. The average Bonchev–Trinajstić information content (AvgIpc) is 2.29. The molecule has 0 spiro atoms. The van der Waals surface area contributed by atoms with Gasteiger partial charge in [0.05, 0.1) is 0 Å². The number of hydrogen-bond donors (Lipinski definition) is 0. The predicted octanol–water partition coefficient (Wildman–Crippen LogP) is 3.47. The van der Waals surface area contributed by atoms with Crippen LogP contribution in [-0.4, -0.2) is 31.9 Å². The zero-order valence-corrected chi connectivity index (χ0v) is 12.5. The summed E-state index contributed by atoms with van der Waals surface area (Å²) in [5.74, 6) is 0. The van der Waals surface area contributed by atoms with Crippen LogP contribution in [0.1, 0.15) is 25.3 Å². The molecule has 1 amide bonds. The molecule has 3 heteroatoms. The molecule has 0 radical (unpaired) electrons. The second-order valence-electron chi connectivity index (χ2n) is 3.86. The molecule has 0 fully saturated rings. The van der Waals surface area contributed by atoms with E-state index in [2.05, 4.69) is 13.8 Å². The van der Waals surface area contributed by atoms with Gasteiger partial charge in [-0.2, -0.15) is 0 Å². The van der Waals surface area contributed by atoms with E-state index in [9.17, 15) is 4.79 Å². The summed E-state index contributed by atoms with van der Waals surface area (Å²) in [7, 11) is 1.88. The molecule has 0 aliphatic carbocycles. The fourth-order valence-electron chi connectivity index (χ4n) is 1.27. The number of nitrogens with zero attached hydrogens (tertiary/aromatic N) is 1. The van der Waals surface area contributed by atoms with Crippen LogP contribution in [-0.2, 0) is 0 Å². The van der Waals surface area contributed by atoms with Crippen molar-refractivity contribution < 1.29 is 4.79 Å². The van der Waals surface area contributed by atoms with Crippen LogP contribution >= 0.6 is 0 Å². The van der Waals surface area contributed by atoms with Gasteiger partial charge in [-0.15, -0.1) is 0 Å². The molecule has 0 saturated carbocycles. The van der Waals surface area contributed by atoms with Gasteiger partial charge in [0.1, 0.15) is 0 Å². The maximum absolute atomic E-state index is 11.9. The summed E-state index contributed by atoms with van der Waals surface area (Å²) in [6, 6.07) is 8.12. The molecule has 88 valence electrons. The van der Waals surface area contributed by atoms with Gasteiger partial charge in [0.15, 0.2) is 0 Å². The molecule has 0 bridgehead atoms. The van der Waals surface area contributed by atoms with E-state index in [-0.39, 0.29) is 0 Å². The van der Waals surface area contributed by atoms with Crippen LogP contribution in [0.3, 0.4) is 0 Å². The molecule has 1 aromatic rings. The Balaban J connectivity index is 2.53. The maximum atomic E-state index is 11.9. The van der Waals surface area contributed by atoms with Gasteiger partial charge in [0.2, 0.25) is 0 Å². The van der Waals surface area contributed by atoms with Crippen LogP contribution in [0.5, 0.6) is 0 Å². The van der Waals surface area contributed by atoms with Gasteiger partial charge in [-0.25, -0.2) is 0 Å². The second kappa shape index (κ2) is 6.93. The van der Waals surface area contributed by atoms with E-state index in [1.807, 2.05) is 31.3 Å². The Morgan fingerprint density at radius 1 is 1.31 bits per heavy atom. The van der Waals surface area contributed by atoms with Crippen LogP contribution in [0.15, 0.2) is 24.3 Å². The van der Waals surface area contributed by atoms with E-state index in [4.69, 9.17) is 0 Å². The molecule has 1 aromatic carbocycles. The number of anilines is 1. The molecule has 2 nitrogen and oxygen atoms in total. The van der Waals surface area contributed by atoms with Crippen molar-refractivity contribution in [2.45, 2.75) is 31.2 Å². The van der Waals surface area contributed by atoms with Gasteiger partial charge in [0.25, 0.3) is 0 Å². The van der Waals surface area contributed by atoms with Crippen LogP contribution < -0.4 is 4.90 Å². The molecule has 0 unspecified atom stereocenters. The van der Waals surface area contributed by atoms with Gasteiger partial charge in [-0.05, 0) is 0 Å². The Morgan fingerprint density at radius 3 is 2.50 bits per heavy atom. The number of amides is 1. The molecule has 16 heavy (non-hydrogen) atoms. The normalized spacial score (nSPS) is 10.2. The van der Waals surface area contributed by atoms with Crippen molar-refractivity contribution in [1.29, 1.82) is 0 Å². The molecule has 0 N–H and O–H groups in total. The van der Waals surface area contributed by atoms with E-state index in [1.165, 1.54) is 18.4 Å². The number of hydrogen-bond acceptors (Lipinski definition) is 1. The van der Waals surface area contributed by atoms with Crippen molar-refractivity contribution in [3.8, 4) is 0 Å². The van der Waals surface area contributed by atoms with Crippen LogP contribution in [0.2, 0.25) is 4.47 Å². The van der Waals surface area contributed by atoms with Gasteiger partial charge < -0.3 is 0 Å². The van der Waals surface area contributed by atoms with Gasteiger partial charge in [-0.3, -0.25) is 0 Å². The number of rotatable bonds is 5. The number of unbranched alkanes of at least 4 members (excludes halogenated alkanes) is 1. The fraction of sp³-hybridized carbons (Fsp3) is 0.462. The third kappa shape index (κ3) is 4.15. The van der Waals surface area contributed by atoms with Crippen molar-refractivity contribution in [3.05, 3.63) is 29.8 Å². The van der Waals surface area contributed by atoms with Crippen LogP contribution in [0, 0.1) is 6.92 Å². The third-order valence-corrected chi connectivity index (χ3v) is 5.31. The van der Waals surface area contributed by atoms with Crippen molar-refractivity contribution in [2.24, 2.45) is 0 Å². The van der Waals surface area contributed by atoms with Crippen LogP contribution in [0.4, 0.5) is 10.5 Å². The molecule has 0 saturated heterocycles. The van der Waals surface area contributed by atoms with E-state index in [1.54, 1.807) is 4.90 Å². The van der Waals surface area contributed by atoms with Crippen molar-refractivity contribution in [1.82, 2.24) is 0 Å². The number of benzene rings is 1. The van der Waals surface area contributed by atoms with Crippen molar-refractivity contribution in [2.75, 3.05) is 11.9 Å². The average molecular weight is 333 g/mol. The summed E-state index contributed by atoms with van der Waals surface area (Å²) in [6.45, 7) is 4.22. The Kier molecular flexibility index (Phi) is 5.87. The zero-order valence-electron chi connectivity index (χ0n) is 10.2. The molecule has 1 rings (SSSR count). The van der Waals surface area contributed by atoms with E-state index in [0.29, 0.717) is 3.96 Å². The SMILES string of the molecule is CCCC[Te]C(=O)N(C)c1ccc(C)cc1. The first-order valence-electron chi connectivity index (χ1n) is 5.62. The van der Waals surface area contributed by atoms with E-state index >= 15 is 0 Å². The monoisotopic (exact) mass is 335 g/mol. The summed E-state index contributed by atoms with van der Waals surface area (Å²) < 4.78 is 1.46. The Bertz CT molecular complexity index is 334. The Morgan fingerprint density at radius 2 is 1.94 bits per heavy atom. The number of carbonyl (C=O) groups excluding carboxylic acids is 1. The first-order valence-corrected chi connectivity index (χ1v) is 8.43. The summed E-state index contributed by atoms with van der Waals surface area (Å²) in [4.78, 5) is 13.7. The van der Waals surface area contributed by atoms with Crippen molar-refractivity contribution in [3.63, 3.8) is 0 Å². The molecule has 0 atom stereocenters. The second-order valence-corrected chi connectivity index (χ2v) is 6.85. The first kappa shape index (κ1) is 13.5. The molecule has 0 heterocycles. The molecule has 0 aliphatic rings. The fourth-order valence-corrected chi connectivity index (χ4v) is 3.86. The van der Waals surface area contributed by atoms with Crippen LogP contribution in [0.25, 0.3) is 0 Å². The van der Waals surface area contributed by atoms with Gasteiger partial charge in [0, 0.05) is 0 Å². The summed E-state index contributed by atoms with van der Waals surface area (Å²) >= 11 is -0.510. The molecule has 0 aliphatic heterocycles. The van der Waals surface area contributed by atoms with Crippen molar-refractivity contribution >= 4 is 30.6 Å². The van der Waals surface area contributed by atoms with E-state index < -0.39 is 20.9 Å². The molecule has 0 aromatic heterocycles. The summed E-state index contributed by atoms with van der Waals surface area (Å²) in [5.41, 5.74) is 2.24. The summed E-state index contributed by atoms with van der Waals surface area (Å²) in [5, 5.41) is 0. The first-order chi connectivity index (χ1) is 7.65. The predicted molar refractivity (Wildman–Crippen MR) is 70.4 cm³/mol. The minimum absolute atomic E-state index is 0.336. The summed E-state index contributed by atoms with van der Waals surface area (Å²) in [6.07, 6.45) is 2.38. The standard InChI is InChI=1S/C13H19NOTe/c1-4-5-10-16-13(15)14(3)12-8-6-11(2)7-9-12/h6-9H,4-5,10H2,1-3H3. The Labute approximate surface area is 108 Å².